The minimum Gasteiger partial charge on any atom is -0.341 e. The van der Waals surface area contributed by atoms with Gasteiger partial charge in [0, 0.05) is 56.8 Å². The summed E-state index contributed by atoms with van der Waals surface area (Å²) in [5.74, 6) is 0.103. The first kappa shape index (κ1) is 33.2. The van der Waals surface area contributed by atoms with Gasteiger partial charge in [0.25, 0.3) is 0 Å². The molecule has 4 rings (SSSR count). The summed E-state index contributed by atoms with van der Waals surface area (Å²) >= 11 is 0. The third-order valence-electron chi connectivity index (χ3n) is 9.92. The summed E-state index contributed by atoms with van der Waals surface area (Å²) in [6.07, 6.45) is 7.22. The molecule has 0 spiro atoms. The largest absolute Gasteiger partial charge is 0.341 e. The van der Waals surface area contributed by atoms with Crippen molar-refractivity contribution in [2.45, 2.75) is 123 Å². The molecule has 1 aromatic rings. The standard InChI is InChI=1S/C34H54FN5O3/c1-23(2)40(24(3)4)32(42)34(28-10-8-7-9-11-28)16-18-38(19-17-34)31(41)30(20-27-12-14-29(35)15-13-27)37-33(43)39-21-25(5)36-26(6)22-39/h12-15,23-26,28,30,36H,7-11,16-22H2,1-6H3,(H,37,43)/t25-,26+,30-/m1/s1. The molecular formula is C34H54FN5O3. The number of piperazine rings is 1. The predicted molar refractivity (Wildman–Crippen MR) is 168 cm³/mol. The topological polar surface area (TPSA) is 85.0 Å². The molecule has 0 bridgehead atoms. The van der Waals surface area contributed by atoms with Crippen molar-refractivity contribution in [2.24, 2.45) is 11.3 Å². The van der Waals surface area contributed by atoms with Gasteiger partial charge < -0.3 is 25.3 Å². The van der Waals surface area contributed by atoms with Crippen molar-refractivity contribution in [3.05, 3.63) is 35.6 Å². The quantitative estimate of drug-likeness (QED) is 0.442. The molecule has 240 valence electrons. The summed E-state index contributed by atoms with van der Waals surface area (Å²) in [6, 6.07) is 5.62. The Balaban J connectivity index is 1.54. The zero-order valence-electron chi connectivity index (χ0n) is 27.2. The molecule has 2 heterocycles. The lowest BCUT2D eigenvalue weighted by Gasteiger charge is -2.50. The third kappa shape index (κ3) is 7.89. The first-order chi connectivity index (χ1) is 20.4. The van der Waals surface area contributed by atoms with Crippen molar-refractivity contribution in [3.63, 3.8) is 0 Å². The number of likely N-dealkylation sites (tertiary alicyclic amines) is 1. The number of halogens is 1. The summed E-state index contributed by atoms with van der Waals surface area (Å²) in [5.41, 5.74) is 0.324. The normalized spacial score (nSPS) is 23.7. The molecule has 0 unspecified atom stereocenters. The van der Waals surface area contributed by atoms with Crippen LogP contribution in [0.5, 0.6) is 0 Å². The molecule has 1 aliphatic carbocycles. The predicted octanol–water partition coefficient (Wildman–Crippen LogP) is 4.96. The maximum atomic E-state index is 14.4. The van der Waals surface area contributed by atoms with Crippen LogP contribution in [0, 0.1) is 17.2 Å². The highest BCUT2D eigenvalue weighted by Gasteiger charge is 2.50. The van der Waals surface area contributed by atoms with Crippen molar-refractivity contribution in [3.8, 4) is 0 Å². The monoisotopic (exact) mass is 599 g/mol. The van der Waals surface area contributed by atoms with Crippen LogP contribution in [0.2, 0.25) is 0 Å². The number of hydrogen-bond donors (Lipinski definition) is 2. The highest BCUT2D eigenvalue weighted by atomic mass is 19.1. The van der Waals surface area contributed by atoms with Crippen LogP contribution in [0.3, 0.4) is 0 Å². The van der Waals surface area contributed by atoms with Crippen molar-refractivity contribution >= 4 is 17.8 Å². The Labute approximate surface area is 258 Å². The van der Waals surface area contributed by atoms with E-state index in [1.807, 2.05) is 18.7 Å². The van der Waals surface area contributed by atoms with Gasteiger partial charge in [-0.1, -0.05) is 31.4 Å². The molecule has 4 amide bonds. The van der Waals surface area contributed by atoms with Crippen molar-refractivity contribution in [1.29, 1.82) is 0 Å². The van der Waals surface area contributed by atoms with Gasteiger partial charge in [0.2, 0.25) is 11.8 Å². The van der Waals surface area contributed by atoms with Crippen LogP contribution in [0.15, 0.2) is 24.3 Å². The summed E-state index contributed by atoms with van der Waals surface area (Å²) in [4.78, 5) is 47.6. The maximum absolute atomic E-state index is 14.4. The molecule has 8 nitrogen and oxygen atoms in total. The molecule has 0 aromatic heterocycles. The second-order valence-corrected chi connectivity index (χ2v) is 13.9. The zero-order chi connectivity index (χ0) is 31.3. The Kier molecular flexibility index (Phi) is 11.1. The van der Waals surface area contributed by atoms with Crippen molar-refractivity contribution in [2.75, 3.05) is 26.2 Å². The molecule has 2 saturated heterocycles. The van der Waals surface area contributed by atoms with Crippen molar-refractivity contribution in [1.82, 2.24) is 25.3 Å². The number of nitrogens with one attached hydrogen (secondary N) is 2. The van der Waals surface area contributed by atoms with Crippen LogP contribution in [0.25, 0.3) is 0 Å². The van der Waals surface area contributed by atoms with E-state index in [0.29, 0.717) is 44.9 Å². The molecule has 2 aliphatic heterocycles. The van der Waals surface area contributed by atoms with Gasteiger partial charge in [0.15, 0.2) is 0 Å². The average Bonchev–Trinajstić information content (AvgIpc) is 2.97. The highest BCUT2D eigenvalue weighted by molar-refractivity contribution is 5.88. The zero-order valence-corrected chi connectivity index (χ0v) is 27.2. The Morgan fingerprint density at radius 2 is 1.49 bits per heavy atom. The Morgan fingerprint density at radius 1 is 0.930 bits per heavy atom. The molecule has 2 N–H and O–H groups in total. The Hall–Kier alpha value is -2.68. The molecule has 1 aromatic carbocycles. The first-order valence-electron chi connectivity index (χ1n) is 16.6. The number of urea groups is 1. The number of carbonyl (C=O) groups is 3. The summed E-state index contributed by atoms with van der Waals surface area (Å²) in [5, 5.41) is 6.48. The van der Waals surface area contributed by atoms with Gasteiger partial charge in [0.1, 0.15) is 11.9 Å². The fraction of sp³-hybridized carbons (Fsp3) is 0.735. The lowest BCUT2D eigenvalue weighted by Crippen LogP contribution is -2.62. The molecule has 3 fully saturated rings. The van der Waals surface area contributed by atoms with Gasteiger partial charge in [0.05, 0.1) is 5.41 Å². The Bertz CT molecular complexity index is 1080. The smallest absolute Gasteiger partial charge is 0.318 e. The van der Waals surface area contributed by atoms with E-state index in [2.05, 4.69) is 43.2 Å². The number of benzene rings is 1. The molecular weight excluding hydrogens is 545 g/mol. The van der Waals surface area contributed by atoms with E-state index in [0.717, 1.165) is 31.2 Å². The molecule has 43 heavy (non-hydrogen) atoms. The first-order valence-corrected chi connectivity index (χ1v) is 16.6. The second-order valence-electron chi connectivity index (χ2n) is 13.9. The molecule has 9 heteroatoms. The summed E-state index contributed by atoms with van der Waals surface area (Å²) in [6.45, 7) is 14.6. The number of rotatable bonds is 8. The fourth-order valence-electron chi connectivity index (χ4n) is 7.91. The van der Waals surface area contributed by atoms with Gasteiger partial charge >= 0.3 is 6.03 Å². The van der Waals surface area contributed by atoms with Crippen LogP contribution in [-0.2, 0) is 16.0 Å². The van der Waals surface area contributed by atoms with Gasteiger partial charge in [-0.25, -0.2) is 9.18 Å². The van der Waals surface area contributed by atoms with E-state index in [-0.39, 0.29) is 54.3 Å². The number of amides is 4. The van der Waals surface area contributed by atoms with Gasteiger partial charge in [-0.2, -0.15) is 0 Å². The lowest BCUT2D eigenvalue weighted by molar-refractivity contribution is -0.157. The van der Waals surface area contributed by atoms with E-state index in [9.17, 15) is 18.8 Å². The van der Waals surface area contributed by atoms with E-state index in [1.165, 1.54) is 18.6 Å². The maximum Gasteiger partial charge on any atom is 0.318 e. The highest BCUT2D eigenvalue weighted by Crippen LogP contribution is 2.47. The van der Waals surface area contributed by atoms with Crippen molar-refractivity contribution < 1.29 is 18.8 Å². The molecule has 1 saturated carbocycles. The number of hydrogen-bond acceptors (Lipinski definition) is 4. The van der Waals surface area contributed by atoms with E-state index in [4.69, 9.17) is 0 Å². The van der Waals surface area contributed by atoms with Gasteiger partial charge in [-0.3, -0.25) is 9.59 Å². The second kappa shape index (κ2) is 14.4. The van der Waals surface area contributed by atoms with Gasteiger partial charge in [-0.05, 0) is 90.8 Å². The van der Waals surface area contributed by atoms with Crippen LogP contribution >= 0.6 is 0 Å². The SMILES string of the molecule is CC(C)N(C(=O)C1(C2CCCCC2)CCN(C(=O)[C@@H](Cc2ccc(F)cc2)NC(=O)N2C[C@@H](C)N[C@@H](C)C2)CC1)C(C)C. The molecule has 3 aliphatic rings. The van der Waals surface area contributed by atoms with E-state index in [1.54, 1.807) is 17.0 Å². The fourth-order valence-corrected chi connectivity index (χ4v) is 7.91. The lowest BCUT2D eigenvalue weighted by atomic mass is 9.62. The van der Waals surface area contributed by atoms with Crippen LogP contribution in [-0.4, -0.2) is 88.9 Å². The Morgan fingerprint density at radius 3 is 2.02 bits per heavy atom. The van der Waals surface area contributed by atoms with Gasteiger partial charge in [-0.15, -0.1) is 0 Å². The van der Waals surface area contributed by atoms with E-state index >= 15 is 0 Å². The number of carbonyl (C=O) groups excluding carboxylic acids is 3. The molecule has 3 atom stereocenters. The number of nitrogens with zero attached hydrogens (tertiary/aromatic N) is 3. The molecule has 0 radical (unpaired) electrons. The minimum atomic E-state index is -0.779. The number of piperidine rings is 1. The minimum absolute atomic E-state index is 0.110. The van der Waals surface area contributed by atoms with Crippen LogP contribution < -0.4 is 10.6 Å². The van der Waals surface area contributed by atoms with E-state index < -0.39 is 11.5 Å². The summed E-state index contributed by atoms with van der Waals surface area (Å²) < 4.78 is 13.7. The third-order valence-corrected chi connectivity index (χ3v) is 9.92. The van der Waals surface area contributed by atoms with Crippen LogP contribution in [0.1, 0.15) is 92.1 Å². The average molecular weight is 600 g/mol. The van der Waals surface area contributed by atoms with Crippen LogP contribution in [0.4, 0.5) is 9.18 Å². The summed E-state index contributed by atoms with van der Waals surface area (Å²) in [7, 11) is 0.